The van der Waals surface area contributed by atoms with E-state index in [1.807, 2.05) is 12.1 Å². The number of amides is 1. The summed E-state index contributed by atoms with van der Waals surface area (Å²) in [6.07, 6.45) is -0.865. The number of anilines is 1. The summed E-state index contributed by atoms with van der Waals surface area (Å²) in [6, 6.07) is 10.2. The predicted molar refractivity (Wildman–Crippen MR) is 88.9 cm³/mol. The van der Waals surface area contributed by atoms with Gasteiger partial charge in [-0.05, 0) is 12.1 Å². The smallest absolute Gasteiger partial charge is 0.355 e. The summed E-state index contributed by atoms with van der Waals surface area (Å²) >= 11 is 0. The summed E-state index contributed by atoms with van der Waals surface area (Å²) in [5, 5.41) is 14.8. The number of nitrogens with two attached hydrogens (primary N) is 1. The molecule has 1 aliphatic heterocycles. The van der Waals surface area contributed by atoms with E-state index < -0.39 is 29.4 Å². The normalized spacial score (nSPS) is 18.5. The summed E-state index contributed by atoms with van der Waals surface area (Å²) in [5.41, 5.74) is 5.63. The Morgan fingerprint density at radius 2 is 2.00 bits per heavy atom. The molecule has 0 aliphatic carbocycles. The summed E-state index contributed by atoms with van der Waals surface area (Å²) < 4.78 is 5.25. The van der Waals surface area contributed by atoms with Crippen molar-refractivity contribution in [1.82, 2.24) is 0 Å². The Labute approximate surface area is 140 Å². The van der Waals surface area contributed by atoms with Crippen LogP contribution < -0.4 is 10.7 Å². The van der Waals surface area contributed by atoms with Gasteiger partial charge in [0.1, 0.15) is 17.8 Å². The number of benzene rings is 1. The van der Waals surface area contributed by atoms with Gasteiger partial charge in [-0.15, -0.1) is 0 Å². The molecule has 0 saturated heterocycles. The third-order valence-electron chi connectivity index (χ3n) is 3.62. The Morgan fingerprint density at radius 3 is 2.50 bits per heavy atom. The Hall–Kier alpha value is -2.88. The van der Waals surface area contributed by atoms with E-state index in [1.165, 1.54) is 5.01 Å². The minimum Gasteiger partial charge on any atom is -0.442 e. The van der Waals surface area contributed by atoms with Crippen molar-refractivity contribution in [2.75, 3.05) is 5.01 Å². The zero-order chi connectivity index (χ0) is 17.9. The highest BCUT2D eigenvalue weighted by Gasteiger charge is 2.37. The Morgan fingerprint density at radius 1 is 1.38 bits per heavy atom. The van der Waals surface area contributed by atoms with Crippen LogP contribution in [0.2, 0.25) is 0 Å². The molecule has 0 saturated carbocycles. The molecule has 0 fully saturated rings. The maximum absolute atomic E-state index is 12.3. The first-order valence-corrected chi connectivity index (χ1v) is 7.55. The second kappa shape index (κ2) is 6.71. The highest BCUT2D eigenvalue weighted by Crippen LogP contribution is 2.26. The zero-order valence-corrected chi connectivity index (χ0v) is 13.9. The van der Waals surface area contributed by atoms with Crippen LogP contribution in [0, 0.1) is 16.7 Å². The van der Waals surface area contributed by atoms with E-state index >= 15 is 0 Å². The van der Waals surface area contributed by atoms with Gasteiger partial charge in [-0.25, -0.2) is 4.79 Å². The van der Waals surface area contributed by atoms with Crippen molar-refractivity contribution < 1.29 is 14.3 Å². The van der Waals surface area contributed by atoms with Crippen molar-refractivity contribution in [3.8, 4) is 6.07 Å². The fourth-order valence-electron chi connectivity index (χ4n) is 2.25. The number of ether oxygens (including phenoxy) is 1. The van der Waals surface area contributed by atoms with Gasteiger partial charge in [-0.1, -0.05) is 39.0 Å². The number of primary amides is 1. The van der Waals surface area contributed by atoms with Crippen LogP contribution in [-0.4, -0.2) is 29.7 Å². The second-order valence-corrected chi connectivity index (χ2v) is 6.63. The number of nitrogens with zero attached hydrogens (tertiary/aromatic N) is 3. The third kappa shape index (κ3) is 3.71. The number of hydrogen-bond acceptors (Lipinski definition) is 6. The van der Waals surface area contributed by atoms with E-state index in [0.717, 1.165) is 0 Å². The number of carbonyl (C=O) groups is 2. The summed E-state index contributed by atoms with van der Waals surface area (Å²) in [5.74, 6) is -1.29. The molecule has 0 aromatic heterocycles. The fraction of sp³-hybridized carbons (Fsp3) is 0.412. The fourth-order valence-corrected chi connectivity index (χ4v) is 2.25. The van der Waals surface area contributed by atoms with Crippen LogP contribution in [0.3, 0.4) is 0 Å². The number of carbonyl (C=O) groups excluding carboxylic acids is 2. The highest BCUT2D eigenvalue weighted by molar-refractivity contribution is 6.38. The molecule has 126 valence electrons. The summed E-state index contributed by atoms with van der Waals surface area (Å²) in [6.45, 7) is 5.40. The molecule has 1 heterocycles. The second-order valence-electron chi connectivity index (χ2n) is 6.63. The molecule has 2 N–H and O–H groups in total. The molecular weight excluding hydrogens is 308 g/mol. The Kier molecular flexibility index (Phi) is 4.88. The molecule has 0 radical (unpaired) electrons. The highest BCUT2D eigenvalue weighted by atomic mass is 16.5. The molecule has 2 rings (SSSR count). The van der Waals surface area contributed by atoms with Crippen LogP contribution in [0.15, 0.2) is 35.4 Å². The zero-order valence-electron chi connectivity index (χ0n) is 13.9. The maximum Gasteiger partial charge on any atom is 0.355 e. The summed E-state index contributed by atoms with van der Waals surface area (Å²) in [7, 11) is 0. The standard InChI is InChI=1S/C17H20N4O3/c1-17(2,3)14(10-18)24-16(23)12-9-13(15(19)22)21(20-12)11-7-5-4-6-8-11/h4-8,13-14H,9H2,1-3H3,(H2,19,22)/t13-,14-/m0/s1. The van der Waals surface area contributed by atoms with Gasteiger partial charge in [0, 0.05) is 11.8 Å². The molecule has 1 aliphatic rings. The van der Waals surface area contributed by atoms with E-state index in [4.69, 9.17) is 10.5 Å². The predicted octanol–water partition coefficient (Wildman–Crippen LogP) is 1.59. The molecule has 0 bridgehead atoms. The van der Waals surface area contributed by atoms with E-state index in [-0.39, 0.29) is 12.1 Å². The molecule has 0 spiro atoms. The summed E-state index contributed by atoms with van der Waals surface area (Å²) in [4.78, 5) is 24.0. The van der Waals surface area contributed by atoms with Crippen molar-refractivity contribution in [1.29, 1.82) is 5.26 Å². The third-order valence-corrected chi connectivity index (χ3v) is 3.62. The average molecular weight is 328 g/mol. The monoisotopic (exact) mass is 328 g/mol. The average Bonchev–Trinajstić information content (AvgIpc) is 2.97. The van der Waals surface area contributed by atoms with E-state index in [1.54, 1.807) is 45.0 Å². The largest absolute Gasteiger partial charge is 0.442 e. The lowest BCUT2D eigenvalue weighted by atomic mass is 9.90. The van der Waals surface area contributed by atoms with Gasteiger partial charge in [0.25, 0.3) is 0 Å². The van der Waals surface area contributed by atoms with Gasteiger partial charge >= 0.3 is 5.97 Å². The number of hydrazone groups is 1. The molecule has 24 heavy (non-hydrogen) atoms. The molecule has 7 nitrogen and oxygen atoms in total. The first-order valence-electron chi connectivity index (χ1n) is 7.55. The van der Waals surface area contributed by atoms with Crippen molar-refractivity contribution in [2.45, 2.75) is 39.3 Å². The van der Waals surface area contributed by atoms with Crippen LogP contribution in [-0.2, 0) is 14.3 Å². The molecule has 7 heteroatoms. The number of para-hydroxylation sites is 1. The van der Waals surface area contributed by atoms with Crippen LogP contribution in [0.1, 0.15) is 27.2 Å². The van der Waals surface area contributed by atoms with Crippen molar-refractivity contribution in [3.05, 3.63) is 30.3 Å². The molecule has 0 unspecified atom stereocenters. The molecule has 1 amide bonds. The minimum absolute atomic E-state index is 0.0470. The number of hydrogen-bond donors (Lipinski definition) is 1. The lowest BCUT2D eigenvalue weighted by Crippen LogP contribution is -2.39. The van der Waals surface area contributed by atoms with Gasteiger partial charge in [0.15, 0.2) is 6.10 Å². The van der Waals surface area contributed by atoms with Crippen molar-refractivity contribution >= 4 is 23.3 Å². The van der Waals surface area contributed by atoms with Crippen LogP contribution in [0.4, 0.5) is 5.69 Å². The van der Waals surface area contributed by atoms with Crippen LogP contribution in [0.25, 0.3) is 0 Å². The van der Waals surface area contributed by atoms with Gasteiger partial charge in [0.05, 0.1) is 5.69 Å². The number of rotatable bonds is 4. The number of nitriles is 1. The van der Waals surface area contributed by atoms with Crippen LogP contribution in [0.5, 0.6) is 0 Å². The van der Waals surface area contributed by atoms with E-state index in [0.29, 0.717) is 5.69 Å². The molecule has 1 aromatic rings. The lowest BCUT2D eigenvalue weighted by Gasteiger charge is -2.24. The van der Waals surface area contributed by atoms with Crippen molar-refractivity contribution in [3.63, 3.8) is 0 Å². The van der Waals surface area contributed by atoms with Crippen molar-refractivity contribution in [2.24, 2.45) is 16.3 Å². The molecular formula is C17H20N4O3. The van der Waals surface area contributed by atoms with Gasteiger partial charge < -0.3 is 10.5 Å². The molecule has 1 aromatic carbocycles. The first kappa shape index (κ1) is 17.5. The lowest BCUT2D eigenvalue weighted by molar-refractivity contribution is -0.142. The van der Waals surface area contributed by atoms with Gasteiger partial charge in [-0.2, -0.15) is 10.4 Å². The Bertz CT molecular complexity index is 701. The van der Waals surface area contributed by atoms with E-state index in [9.17, 15) is 14.9 Å². The topological polar surface area (TPSA) is 109 Å². The van der Waals surface area contributed by atoms with Gasteiger partial charge in [-0.3, -0.25) is 9.80 Å². The van der Waals surface area contributed by atoms with E-state index in [2.05, 4.69) is 5.10 Å². The van der Waals surface area contributed by atoms with Gasteiger partial charge in [0.2, 0.25) is 5.91 Å². The molecule has 2 atom stereocenters. The Balaban J connectivity index is 2.23. The van der Waals surface area contributed by atoms with Crippen LogP contribution >= 0.6 is 0 Å². The number of esters is 1. The maximum atomic E-state index is 12.3. The quantitative estimate of drug-likeness (QED) is 0.844. The minimum atomic E-state index is -0.912. The SMILES string of the molecule is CC(C)(C)[C@H](C#N)OC(=O)C1=NN(c2ccccc2)[C@H](C(N)=O)C1. The first-order chi connectivity index (χ1) is 11.2.